The third-order valence-electron chi connectivity index (χ3n) is 4.32. The van der Waals surface area contributed by atoms with Crippen molar-refractivity contribution in [3.05, 3.63) is 86.3 Å². The topological polar surface area (TPSA) is 88.0 Å². The van der Waals surface area contributed by atoms with Gasteiger partial charge in [0.15, 0.2) is 0 Å². The number of anilines is 3. The van der Waals surface area contributed by atoms with Crippen LogP contribution in [-0.2, 0) is 6.42 Å². The fourth-order valence-corrected chi connectivity index (χ4v) is 2.78. The first kappa shape index (κ1) is 20.2. The number of aromatic amines is 1. The first-order valence-corrected chi connectivity index (χ1v) is 8.70. The van der Waals surface area contributed by atoms with Gasteiger partial charge in [-0.15, -0.1) is 0 Å². The molecule has 0 radical (unpaired) electrons. The lowest BCUT2D eigenvalue weighted by Gasteiger charge is -2.08. The number of hydrogen-bond donors (Lipinski definition) is 3. The predicted molar refractivity (Wildman–Crippen MR) is 108 cm³/mol. The molecule has 3 aromatic carbocycles. The van der Waals surface area contributed by atoms with Gasteiger partial charge in [0.1, 0.15) is 11.4 Å². The van der Waals surface area contributed by atoms with E-state index in [-0.39, 0.29) is 11.4 Å². The lowest BCUT2D eigenvalue weighted by molar-refractivity contribution is -0.127. The summed E-state index contributed by atoms with van der Waals surface area (Å²) in [5.74, 6) is 0. The molecule has 0 amide bonds. The van der Waals surface area contributed by atoms with E-state index in [0.29, 0.717) is 5.56 Å². The van der Waals surface area contributed by atoms with Crippen molar-refractivity contribution in [3.63, 3.8) is 0 Å². The Morgan fingerprint density at radius 3 is 2.28 bits per heavy atom. The van der Waals surface area contributed by atoms with Crippen LogP contribution in [0.3, 0.4) is 0 Å². The van der Waals surface area contributed by atoms with E-state index in [9.17, 15) is 22.8 Å². The van der Waals surface area contributed by atoms with E-state index in [1.54, 1.807) is 18.3 Å². The smallest absolute Gasteiger partial charge is 0.393 e. The summed E-state index contributed by atoms with van der Waals surface area (Å²) in [6, 6.07) is 14.0. The lowest BCUT2D eigenvalue weighted by atomic mass is 10.1. The zero-order valence-corrected chi connectivity index (χ0v) is 15.4. The Balaban J connectivity index is 0.000000177. The molecule has 29 heavy (non-hydrogen) atoms. The number of alkyl halides is 3. The zero-order chi connectivity index (χ0) is 21.2. The van der Waals surface area contributed by atoms with Gasteiger partial charge in [0.2, 0.25) is 0 Å². The van der Waals surface area contributed by atoms with Crippen molar-refractivity contribution in [2.75, 3.05) is 11.1 Å². The minimum Gasteiger partial charge on any atom is -0.394 e. The molecule has 4 N–H and O–H groups in total. The molecule has 0 aliphatic heterocycles. The number of aryl methyl sites for hydroxylation is 1. The first-order valence-electron chi connectivity index (χ1n) is 8.70. The largest absolute Gasteiger partial charge is 0.394 e. The molecule has 0 saturated heterocycles. The zero-order valence-electron chi connectivity index (χ0n) is 15.4. The highest BCUT2D eigenvalue weighted by Gasteiger charge is 2.27. The number of aromatic nitrogens is 1. The van der Waals surface area contributed by atoms with Gasteiger partial charge in [-0.1, -0.05) is 48.0 Å². The number of nitrogens with one attached hydrogen (secondary N) is 2. The van der Waals surface area contributed by atoms with Crippen molar-refractivity contribution in [1.29, 1.82) is 0 Å². The predicted octanol–water partition coefficient (Wildman–Crippen LogP) is 4.19. The van der Waals surface area contributed by atoms with Crippen LogP contribution in [0.4, 0.5) is 30.2 Å². The van der Waals surface area contributed by atoms with Crippen molar-refractivity contribution in [3.8, 4) is 0 Å². The molecule has 0 atom stereocenters. The molecular formula is C21H18F3N3O2. The van der Waals surface area contributed by atoms with Gasteiger partial charge >= 0.3 is 6.18 Å². The van der Waals surface area contributed by atoms with Crippen molar-refractivity contribution in [2.45, 2.75) is 19.5 Å². The lowest BCUT2D eigenvalue weighted by Crippen LogP contribution is -2.36. The summed E-state index contributed by atoms with van der Waals surface area (Å²) < 4.78 is 35.5. The minimum absolute atomic E-state index is 0.000260. The van der Waals surface area contributed by atoms with E-state index in [1.807, 2.05) is 31.2 Å². The number of H-pyrrole nitrogens is 1. The van der Waals surface area contributed by atoms with E-state index in [4.69, 9.17) is 5.73 Å². The van der Waals surface area contributed by atoms with Gasteiger partial charge in [0.05, 0.1) is 12.1 Å². The SMILES string of the molecule is Cc1ccc(CC(F)(F)F)cc1.Nc1c(Nc2c[nH]c3ccccc23)c(=O)c1=O. The number of rotatable bonds is 3. The molecule has 4 rings (SSSR count). The van der Waals surface area contributed by atoms with E-state index >= 15 is 0 Å². The van der Waals surface area contributed by atoms with Gasteiger partial charge in [-0.05, 0) is 18.6 Å². The van der Waals surface area contributed by atoms with Crippen LogP contribution in [0.15, 0.2) is 64.3 Å². The average Bonchev–Trinajstić information content (AvgIpc) is 3.09. The molecule has 0 unspecified atom stereocenters. The van der Waals surface area contributed by atoms with Gasteiger partial charge in [-0.25, -0.2) is 0 Å². The number of halogens is 3. The Kier molecular flexibility index (Phi) is 5.45. The summed E-state index contributed by atoms with van der Waals surface area (Å²) in [5, 5.41) is 3.83. The standard InChI is InChI=1S/C12H9N3O2.C9H9F3/c13-9-10(12(17)11(9)16)15-8-5-14-7-4-2-1-3-6(7)8;1-7-2-4-8(5-3-7)6-9(10,11)12/h1-5,14-15H,13H2;2-5H,6H2,1H3. The number of hydrogen-bond acceptors (Lipinski definition) is 4. The van der Waals surface area contributed by atoms with Crippen LogP contribution in [0.5, 0.6) is 0 Å². The summed E-state index contributed by atoms with van der Waals surface area (Å²) in [7, 11) is 0. The Labute approximate surface area is 163 Å². The molecule has 1 aromatic heterocycles. The van der Waals surface area contributed by atoms with Crippen LogP contribution >= 0.6 is 0 Å². The molecule has 150 valence electrons. The number of nitrogen functional groups attached to an aromatic ring is 1. The van der Waals surface area contributed by atoms with Crippen LogP contribution in [0.25, 0.3) is 10.9 Å². The Morgan fingerprint density at radius 2 is 1.66 bits per heavy atom. The highest BCUT2D eigenvalue weighted by molar-refractivity contribution is 5.95. The summed E-state index contributed by atoms with van der Waals surface area (Å²) in [6.45, 7) is 1.84. The van der Waals surface area contributed by atoms with Crippen molar-refractivity contribution in [2.24, 2.45) is 0 Å². The maximum Gasteiger partial charge on any atom is 0.393 e. The Morgan fingerprint density at radius 1 is 1.00 bits per heavy atom. The van der Waals surface area contributed by atoms with E-state index in [1.165, 1.54) is 12.1 Å². The second-order valence-electron chi connectivity index (χ2n) is 6.60. The second kappa shape index (κ2) is 7.83. The van der Waals surface area contributed by atoms with Gasteiger partial charge in [0, 0.05) is 17.1 Å². The maximum absolute atomic E-state index is 11.8. The van der Waals surface area contributed by atoms with Crippen LogP contribution in [0.1, 0.15) is 11.1 Å². The van der Waals surface area contributed by atoms with Crippen LogP contribution in [0, 0.1) is 6.92 Å². The first-order chi connectivity index (χ1) is 13.7. The fraction of sp³-hybridized carbons (Fsp3) is 0.143. The van der Waals surface area contributed by atoms with Gasteiger partial charge in [-0.3, -0.25) is 9.59 Å². The highest BCUT2D eigenvalue weighted by atomic mass is 19.4. The molecule has 5 nitrogen and oxygen atoms in total. The Hall–Kier alpha value is -3.55. The molecule has 8 heteroatoms. The van der Waals surface area contributed by atoms with Crippen molar-refractivity contribution in [1.82, 2.24) is 4.98 Å². The Bertz CT molecular complexity index is 1200. The summed E-state index contributed by atoms with van der Waals surface area (Å²) in [5.41, 5.74) is 7.43. The summed E-state index contributed by atoms with van der Waals surface area (Å²) in [6.07, 6.45) is -3.20. The molecule has 1 heterocycles. The van der Waals surface area contributed by atoms with Crippen LogP contribution < -0.4 is 21.9 Å². The number of para-hydroxylation sites is 1. The molecule has 0 aliphatic carbocycles. The second-order valence-corrected chi connectivity index (χ2v) is 6.60. The molecule has 0 fully saturated rings. The minimum atomic E-state index is -4.10. The molecule has 0 aliphatic rings. The third-order valence-corrected chi connectivity index (χ3v) is 4.32. The monoisotopic (exact) mass is 401 g/mol. The van der Waals surface area contributed by atoms with Gasteiger partial charge in [0.25, 0.3) is 10.9 Å². The third kappa shape index (κ3) is 4.66. The molecule has 0 bridgehead atoms. The molecule has 4 aromatic rings. The number of fused-ring (bicyclic) bond motifs is 1. The number of benzene rings is 2. The molecular weight excluding hydrogens is 383 g/mol. The van der Waals surface area contributed by atoms with E-state index < -0.39 is 23.5 Å². The van der Waals surface area contributed by atoms with Gasteiger partial charge in [-0.2, -0.15) is 13.2 Å². The van der Waals surface area contributed by atoms with Crippen LogP contribution in [-0.4, -0.2) is 11.2 Å². The van der Waals surface area contributed by atoms with Crippen molar-refractivity contribution >= 4 is 28.0 Å². The summed E-state index contributed by atoms with van der Waals surface area (Å²) >= 11 is 0. The quantitative estimate of drug-likeness (QED) is 0.449. The molecule has 0 spiro atoms. The number of nitrogens with two attached hydrogens (primary N) is 1. The highest BCUT2D eigenvalue weighted by Crippen LogP contribution is 2.26. The van der Waals surface area contributed by atoms with Crippen LogP contribution in [0.2, 0.25) is 0 Å². The average molecular weight is 401 g/mol. The fourth-order valence-electron chi connectivity index (χ4n) is 2.78. The molecule has 0 saturated carbocycles. The van der Waals surface area contributed by atoms with E-state index in [2.05, 4.69) is 10.3 Å². The normalized spacial score (nSPS) is 11.3. The van der Waals surface area contributed by atoms with Crippen molar-refractivity contribution < 1.29 is 13.2 Å². The van der Waals surface area contributed by atoms with Gasteiger partial charge < -0.3 is 16.0 Å². The van der Waals surface area contributed by atoms with E-state index in [0.717, 1.165) is 22.2 Å². The maximum atomic E-state index is 11.8. The summed E-state index contributed by atoms with van der Waals surface area (Å²) in [4.78, 5) is 25.3.